The number of aliphatic hydroxyl groups is 1. The maximum Gasteiger partial charge on any atom is 0.255 e. The zero-order chi connectivity index (χ0) is 22.9. The van der Waals surface area contributed by atoms with Gasteiger partial charge in [0.1, 0.15) is 5.52 Å². The number of nitrogens with zero attached hydrogens (tertiary/aromatic N) is 2. The highest BCUT2D eigenvalue weighted by atomic mass is 32.2. The summed E-state index contributed by atoms with van der Waals surface area (Å²) >= 11 is 0. The highest BCUT2D eigenvalue weighted by molar-refractivity contribution is 7.92. The first-order chi connectivity index (χ1) is 15.3. The molecule has 1 aliphatic carbocycles. The Bertz CT molecular complexity index is 1220. The lowest BCUT2D eigenvalue weighted by Crippen LogP contribution is -2.36. The summed E-state index contributed by atoms with van der Waals surface area (Å²) in [5.74, 6) is -0.195. The van der Waals surface area contributed by atoms with Gasteiger partial charge in [0.05, 0.1) is 33.7 Å². The van der Waals surface area contributed by atoms with Crippen molar-refractivity contribution >= 4 is 26.9 Å². The van der Waals surface area contributed by atoms with Gasteiger partial charge in [-0.05, 0) is 38.8 Å². The van der Waals surface area contributed by atoms with E-state index < -0.39 is 15.1 Å². The van der Waals surface area contributed by atoms with Crippen LogP contribution in [0.3, 0.4) is 0 Å². The molecule has 0 saturated heterocycles. The number of fused-ring (bicyclic) bond motifs is 1. The monoisotopic (exact) mass is 456 g/mol. The molecule has 1 fully saturated rings. The highest BCUT2D eigenvalue weighted by Crippen LogP contribution is 2.25. The van der Waals surface area contributed by atoms with Crippen LogP contribution >= 0.6 is 0 Å². The van der Waals surface area contributed by atoms with Gasteiger partial charge in [0, 0.05) is 24.2 Å². The van der Waals surface area contributed by atoms with Crippen LogP contribution in [0, 0.1) is 5.92 Å². The molecule has 1 aromatic carbocycles. The Morgan fingerprint density at radius 3 is 2.62 bits per heavy atom. The summed E-state index contributed by atoms with van der Waals surface area (Å²) in [7, 11) is -3.35. The molecule has 0 aliphatic heterocycles. The summed E-state index contributed by atoms with van der Waals surface area (Å²) in [4.78, 5) is 25.0. The lowest BCUT2D eigenvalue weighted by molar-refractivity contribution is 0.0663. The average Bonchev–Trinajstić information content (AvgIpc) is 3.21. The Balaban J connectivity index is 1.55. The molecule has 3 aromatic rings. The fourth-order valence-electron chi connectivity index (χ4n) is 4.04. The third-order valence-corrected chi connectivity index (χ3v) is 8.29. The third-order valence-electron chi connectivity index (χ3n) is 6.12. The molecule has 2 atom stereocenters. The maximum absolute atomic E-state index is 12.8. The number of sulfone groups is 1. The molecule has 9 heteroatoms. The number of rotatable bonds is 6. The molecular weight excluding hydrogens is 428 g/mol. The highest BCUT2D eigenvalue weighted by Gasteiger charge is 2.24. The zero-order valence-electron chi connectivity index (χ0n) is 18.2. The lowest BCUT2D eigenvalue weighted by atomic mass is 9.86. The summed E-state index contributed by atoms with van der Waals surface area (Å²) in [6, 6.07) is 6.53. The minimum absolute atomic E-state index is 0.0696. The Hall–Kier alpha value is -2.78. The molecule has 1 aliphatic rings. The number of amides is 1. The predicted octanol–water partition coefficient (Wildman–Crippen LogP) is 3.09. The van der Waals surface area contributed by atoms with Crippen LogP contribution in [-0.2, 0) is 9.84 Å². The minimum atomic E-state index is -3.35. The van der Waals surface area contributed by atoms with Crippen molar-refractivity contribution in [2.75, 3.05) is 6.54 Å². The Kier molecular flexibility index (Phi) is 6.30. The van der Waals surface area contributed by atoms with Crippen LogP contribution < -0.4 is 5.32 Å². The van der Waals surface area contributed by atoms with Gasteiger partial charge in [-0.3, -0.25) is 4.79 Å². The SMILES string of the molecule is CC(C)S(=O)(=O)c1ccc(-c2cnc3[nH]cc(C(=O)NC[C@@H]4CCCC[C@H]4O)c3n2)cc1. The number of aromatic nitrogens is 3. The van der Waals surface area contributed by atoms with Crippen LogP contribution in [0.4, 0.5) is 0 Å². The summed E-state index contributed by atoms with van der Waals surface area (Å²) in [6.07, 6.45) is 6.57. The van der Waals surface area contributed by atoms with Gasteiger partial charge in [-0.1, -0.05) is 25.0 Å². The molecule has 0 unspecified atom stereocenters. The number of nitrogens with one attached hydrogen (secondary N) is 2. The Morgan fingerprint density at radius 1 is 1.22 bits per heavy atom. The summed E-state index contributed by atoms with van der Waals surface area (Å²) in [5.41, 5.74) is 2.58. The second-order valence-electron chi connectivity index (χ2n) is 8.59. The average molecular weight is 457 g/mol. The van der Waals surface area contributed by atoms with E-state index in [9.17, 15) is 18.3 Å². The molecule has 170 valence electrons. The molecule has 1 amide bonds. The largest absolute Gasteiger partial charge is 0.393 e. The molecule has 0 bridgehead atoms. The molecule has 8 nitrogen and oxygen atoms in total. The summed E-state index contributed by atoms with van der Waals surface area (Å²) in [5, 5.41) is 12.5. The van der Waals surface area contributed by atoms with Crippen LogP contribution in [0.5, 0.6) is 0 Å². The van der Waals surface area contributed by atoms with E-state index in [2.05, 4.69) is 20.3 Å². The fraction of sp³-hybridized carbons (Fsp3) is 0.435. The van der Waals surface area contributed by atoms with Crippen molar-refractivity contribution in [3.8, 4) is 11.3 Å². The fourth-order valence-corrected chi connectivity index (χ4v) is 5.10. The molecule has 3 N–H and O–H groups in total. The van der Waals surface area contributed by atoms with Crippen LogP contribution in [0.15, 0.2) is 41.6 Å². The number of H-pyrrole nitrogens is 1. The standard InChI is InChI=1S/C23H28N4O4S/c1-14(2)32(30,31)17-9-7-15(8-10-17)19-13-25-22-21(27-19)18(12-24-22)23(29)26-11-16-5-3-4-6-20(16)28/h7-10,12-14,16,20,28H,3-6,11H2,1-2H3,(H,24,25)(H,26,29)/t16-,20+/m0/s1. The first kappa shape index (κ1) is 22.4. The van der Waals surface area contributed by atoms with E-state index in [0.29, 0.717) is 34.5 Å². The normalized spacial score (nSPS) is 19.4. The number of aromatic amines is 1. The Labute approximate surface area is 187 Å². The molecule has 0 spiro atoms. The first-order valence-corrected chi connectivity index (χ1v) is 12.5. The van der Waals surface area contributed by atoms with Crippen molar-refractivity contribution in [1.29, 1.82) is 0 Å². The van der Waals surface area contributed by atoms with Gasteiger partial charge in [-0.25, -0.2) is 18.4 Å². The van der Waals surface area contributed by atoms with Gasteiger partial charge in [0.2, 0.25) is 0 Å². The van der Waals surface area contributed by atoms with E-state index in [0.717, 1.165) is 25.7 Å². The van der Waals surface area contributed by atoms with Crippen molar-refractivity contribution in [2.45, 2.75) is 55.8 Å². The van der Waals surface area contributed by atoms with Crippen LogP contribution in [0.25, 0.3) is 22.4 Å². The van der Waals surface area contributed by atoms with Gasteiger partial charge in [0.25, 0.3) is 5.91 Å². The number of hydrogen-bond acceptors (Lipinski definition) is 6. The first-order valence-electron chi connectivity index (χ1n) is 10.9. The van der Waals surface area contributed by atoms with Gasteiger partial charge in [-0.2, -0.15) is 0 Å². The number of carbonyl (C=O) groups is 1. The van der Waals surface area contributed by atoms with Gasteiger partial charge < -0.3 is 15.4 Å². The van der Waals surface area contributed by atoms with Crippen molar-refractivity contribution in [1.82, 2.24) is 20.3 Å². The third kappa shape index (κ3) is 4.40. The molecule has 32 heavy (non-hydrogen) atoms. The van der Waals surface area contributed by atoms with Gasteiger partial charge >= 0.3 is 0 Å². The van der Waals surface area contributed by atoms with E-state index in [4.69, 9.17) is 0 Å². The van der Waals surface area contributed by atoms with Crippen molar-refractivity contribution in [3.05, 3.63) is 42.2 Å². The van der Waals surface area contributed by atoms with Crippen LogP contribution in [0.2, 0.25) is 0 Å². The second-order valence-corrected chi connectivity index (χ2v) is 11.1. The van der Waals surface area contributed by atoms with Crippen LogP contribution in [0.1, 0.15) is 49.9 Å². The molecule has 1 saturated carbocycles. The zero-order valence-corrected chi connectivity index (χ0v) is 19.0. The predicted molar refractivity (Wildman–Crippen MR) is 122 cm³/mol. The number of hydrogen-bond donors (Lipinski definition) is 3. The maximum atomic E-state index is 12.8. The number of benzene rings is 1. The van der Waals surface area contributed by atoms with E-state index in [1.54, 1.807) is 50.5 Å². The van der Waals surface area contributed by atoms with E-state index >= 15 is 0 Å². The second kappa shape index (κ2) is 8.99. The summed E-state index contributed by atoms with van der Waals surface area (Å²) < 4.78 is 24.7. The Morgan fingerprint density at radius 2 is 1.94 bits per heavy atom. The molecule has 0 radical (unpaired) electrons. The number of aliphatic hydroxyl groups excluding tert-OH is 1. The van der Waals surface area contributed by atoms with Gasteiger partial charge in [-0.15, -0.1) is 0 Å². The van der Waals surface area contributed by atoms with Crippen molar-refractivity contribution in [3.63, 3.8) is 0 Å². The summed E-state index contributed by atoms with van der Waals surface area (Å²) in [6.45, 7) is 3.72. The quantitative estimate of drug-likeness (QED) is 0.523. The number of carbonyl (C=O) groups excluding carboxylic acids is 1. The van der Waals surface area contributed by atoms with Crippen LogP contribution in [-0.4, -0.2) is 52.3 Å². The minimum Gasteiger partial charge on any atom is -0.393 e. The smallest absolute Gasteiger partial charge is 0.255 e. The van der Waals surface area contributed by atoms with E-state index in [-0.39, 0.29) is 22.8 Å². The molecule has 4 rings (SSSR count). The van der Waals surface area contributed by atoms with Crippen molar-refractivity contribution < 1.29 is 18.3 Å². The molecule has 2 aromatic heterocycles. The topological polar surface area (TPSA) is 125 Å². The molecule has 2 heterocycles. The lowest BCUT2D eigenvalue weighted by Gasteiger charge is -2.27. The van der Waals surface area contributed by atoms with Crippen molar-refractivity contribution in [2.24, 2.45) is 5.92 Å². The molecular formula is C23H28N4O4S. The van der Waals surface area contributed by atoms with E-state index in [1.807, 2.05) is 0 Å². The van der Waals surface area contributed by atoms with E-state index in [1.165, 1.54) is 0 Å². The van der Waals surface area contributed by atoms with Gasteiger partial charge in [0.15, 0.2) is 15.5 Å².